The van der Waals surface area contributed by atoms with E-state index in [1.165, 1.54) is 12.1 Å². The number of carbonyl (C=O) groups is 1. The highest BCUT2D eigenvalue weighted by Crippen LogP contribution is 2.45. The molecule has 238 valence electrons. The summed E-state index contributed by atoms with van der Waals surface area (Å²) in [4.78, 5) is 21.1. The number of benzene rings is 2. The van der Waals surface area contributed by atoms with Crippen LogP contribution in [0.1, 0.15) is 89.9 Å². The number of hydrogen-bond donors (Lipinski definition) is 0. The van der Waals surface area contributed by atoms with Gasteiger partial charge in [-0.25, -0.2) is 9.18 Å². The van der Waals surface area contributed by atoms with Crippen LogP contribution in [-0.4, -0.2) is 42.4 Å². The largest absolute Gasteiger partial charge is 0.493 e. The van der Waals surface area contributed by atoms with Gasteiger partial charge in [-0.3, -0.25) is 4.98 Å². The average Bonchev–Trinajstić information content (AvgIpc) is 2.92. The van der Waals surface area contributed by atoms with Crippen LogP contribution in [0.15, 0.2) is 48.5 Å². The molecule has 7 heteroatoms. The van der Waals surface area contributed by atoms with Crippen molar-refractivity contribution >= 4 is 11.7 Å². The maximum absolute atomic E-state index is 13.7. The van der Waals surface area contributed by atoms with Crippen LogP contribution >= 0.6 is 0 Å². The van der Waals surface area contributed by atoms with E-state index in [9.17, 15) is 9.18 Å². The first-order valence-corrected chi connectivity index (χ1v) is 15.8. The quantitative estimate of drug-likeness (QED) is 0.216. The van der Waals surface area contributed by atoms with Crippen LogP contribution in [0.25, 0.3) is 11.1 Å². The maximum atomic E-state index is 13.7. The molecule has 1 atom stereocenters. The number of aromatic nitrogens is 1. The van der Waals surface area contributed by atoms with Crippen molar-refractivity contribution in [2.45, 2.75) is 99.4 Å². The third kappa shape index (κ3) is 8.59. The summed E-state index contributed by atoms with van der Waals surface area (Å²) in [6.07, 6.45) is 1.55. The van der Waals surface area contributed by atoms with Gasteiger partial charge in [-0.2, -0.15) is 0 Å². The molecule has 44 heavy (non-hydrogen) atoms. The Morgan fingerprint density at radius 1 is 0.977 bits per heavy atom. The molecule has 6 nitrogen and oxygen atoms in total. The third-order valence-electron chi connectivity index (χ3n) is 8.03. The molecule has 0 spiro atoms. The van der Waals surface area contributed by atoms with Crippen LogP contribution in [0, 0.1) is 25.1 Å². The van der Waals surface area contributed by atoms with Crippen LogP contribution in [-0.2, 0) is 20.7 Å². The molecule has 0 bridgehead atoms. The lowest BCUT2D eigenvalue weighted by Gasteiger charge is -2.41. The molecule has 0 aliphatic carbocycles. The number of nitrogens with zero attached hydrogens (tertiary/aromatic N) is 2. The van der Waals surface area contributed by atoms with Gasteiger partial charge in [0, 0.05) is 42.0 Å². The molecule has 1 unspecified atom stereocenters. The van der Waals surface area contributed by atoms with Crippen LogP contribution in [0.5, 0.6) is 5.75 Å². The van der Waals surface area contributed by atoms with Crippen molar-refractivity contribution in [1.29, 1.82) is 0 Å². The Balaban J connectivity index is 1.75. The zero-order valence-corrected chi connectivity index (χ0v) is 27.9. The lowest BCUT2D eigenvalue weighted by atomic mass is 9.82. The highest BCUT2D eigenvalue weighted by Gasteiger charge is 2.37. The summed E-state index contributed by atoms with van der Waals surface area (Å²) < 4.78 is 31.5. The van der Waals surface area contributed by atoms with E-state index < -0.39 is 17.7 Å². The normalized spacial score (nSPS) is 15.8. The standard InChI is InChI=1S/C37H49FN2O4/c1-24(2)43-35(41)34(44-36(5,6)7)32-26(4)39-25(3)31(33(32)40-21-19-37(8,9)20-22-40)28-12-16-30(17-13-28)42-23-18-27-10-14-29(38)15-11-27/h10-17,24,34H,18-23H2,1-9H3. The van der Waals surface area contributed by atoms with Gasteiger partial charge in [0.1, 0.15) is 11.6 Å². The monoisotopic (exact) mass is 604 g/mol. The van der Waals surface area contributed by atoms with Crippen molar-refractivity contribution in [3.63, 3.8) is 0 Å². The molecule has 1 aliphatic rings. The third-order valence-corrected chi connectivity index (χ3v) is 8.03. The van der Waals surface area contributed by atoms with Crippen molar-refractivity contribution in [3.8, 4) is 16.9 Å². The summed E-state index contributed by atoms with van der Waals surface area (Å²) in [7, 11) is 0. The molecule has 0 N–H and O–H groups in total. The molecule has 1 saturated heterocycles. The van der Waals surface area contributed by atoms with E-state index in [1.807, 2.05) is 60.6 Å². The minimum Gasteiger partial charge on any atom is -0.493 e. The van der Waals surface area contributed by atoms with E-state index in [-0.39, 0.29) is 17.3 Å². The first-order chi connectivity index (χ1) is 20.6. The van der Waals surface area contributed by atoms with Crippen LogP contribution < -0.4 is 9.64 Å². The second-order valence-electron chi connectivity index (χ2n) is 13.9. The van der Waals surface area contributed by atoms with Gasteiger partial charge in [0.2, 0.25) is 0 Å². The van der Waals surface area contributed by atoms with Crippen molar-refractivity contribution < 1.29 is 23.4 Å². The Morgan fingerprint density at radius 2 is 1.59 bits per heavy atom. The molecular weight excluding hydrogens is 555 g/mol. The highest BCUT2D eigenvalue weighted by atomic mass is 19.1. The summed E-state index contributed by atoms with van der Waals surface area (Å²) >= 11 is 0. The van der Waals surface area contributed by atoms with Gasteiger partial charge in [0.05, 0.1) is 24.0 Å². The minimum absolute atomic E-state index is 0.241. The molecule has 4 rings (SSSR count). The first-order valence-electron chi connectivity index (χ1n) is 15.8. The number of piperidine rings is 1. The van der Waals surface area contributed by atoms with Gasteiger partial charge >= 0.3 is 5.97 Å². The van der Waals surface area contributed by atoms with Crippen molar-refractivity contribution in [3.05, 3.63) is 76.9 Å². The average molecular weight is 605 g/mol. The van der Waals surface area contributed by atoms with Gasteiger partial charge in [0.15, 0.2) is 6.10 Å². The molecule has 1 aliphatic heterocycles. The number of pyridine rings is 1. The topological polar surface area (TPSA) is 60.9 Å². The number of hydrogen-bond acceptors (Lipinski definition) is 6. The van der Waals surface area contributed by atoms with Gasteiger partial charge in [0.25, 0.3) is 0 Å². The van der Waals surface area contributed by atoms with Gasteiger partial charge < -0.3 is 19.1 Å². The summed E-state index contributed by atoms with van der Waals surface area (Å²) in [5, 5.41) is 0. The number of anilines is 1. The second-order valence-corrected chi connectivity index (χ2v) is 13.9. The Hall–Kier alpha value is -3.45. The fourth-order valence-corrected chi connectivity index (χ4v) is 5.70. The summed E-state index contributed by atoms with van der Waals surface area (Å²) in [6, 6.07) is 14.6. The SMILES string of the molecule is Cc1nc(C)c(C(OC(C)(C)C)C(=O)OC(C)C)c(N2CCC(C)(C)CC2)c1-c1ccc(OCCc2ccc(F)cc2)cc1. The number of esters is 1. The molecule has 0 radical (unpaired) electrons. The summed E-state index contributed by atoms with van der Waals surface area (Å²) in [6.45, 7) is 20.4. The predicted molar refractivity (Wildman–Crippen MR) is 175 cm³/mol. The molecule has 2 heterocycles. The molecule has 1 fully saturated rings. The fraction of sp³-hybridized carbons (Fsp3) is 0.514. The summed E-state index contributed by atoms with van der Waals surface area (Å²) in [5.74, 6) is 0.109. The Kier molecular flexibility index (Phi) is 10.4. The van der Waals surface area contributed by atoms with Gasteiger partial charge in [-0.15, -0.1) is 0 Å². The molecule has 2 aromatic carbocycles. The number of carbonyl (C=O) groups excluding carboxylic acids is 1. The second kappa shape index (κ2) is 13.7. The number of halogens is 1. The first kappa shape index (κ1) is 33.4. The van der Waals surface area contributed by atoms with Crippen molar-refractivity contribution in [2.24, 2.45) is 5.41 Å². The van der Waals surface area contributed by atoms with Crippen LogP contribution in [0.2, 0.25) is 0 Å². The Bertz CT molecular complexity index is 1420. The Morgan fingerprint density at radius 3 is 2.16 bits per heavy atom. The van der Waals surface area contributed by atoms with E-state index in [0.29, 0.717) is 13.0 Å². The summed E-state index contributed by atoms with van der Waals surface area (Å²) in [5.41, 5.74) is 6.08. The zero-order valence-electron chi connectivity index (χ0n) is 27.9. The molecular formula is C37H49FN2O4. The maximum Gasteiger partial charge on any atom is 0.340 e. The number of ether oxygens (including phenoxy) is 3. The van der Waals surface area contributed by atoms with Gasteiger partial charge in [-0.1, -0.05) is 38.1 Å². The molecule has 0 saturated carbocycles. The van der Waals surface area contributed by atoms with Gasteiger partial charge in [-0.05, 0) is 102 Å². The van der Waals surface area contributed by atoms with Crippen molar-refractivity contribution in [1.82, 2.24) is 4.98 Å². The molecule has 0 amide bonds. The number of aryl methyl sites for hydroxylation is 2. The Labute approximate surface area is 262 Å². The zero-order chi connectivity index (χ0) is 32.2. The molecule has 1 aromatic heterocycles. The van der Waals surface area contributed by atoms with E-state index in [1.54, 1.807) is 12.1 Å². The van der Waals surface area contributed by atoms with E-state index >= 15 is 0 Å². The van der Waals surface area contributed by atoms with Crippen molar-refractivity contribution in [2.75, 3.05) is 24.6 Å². The van der Waals surface area contributed by atoms with E-state index in [4.69, 9.17) is 19.2 Å². The fourth-order valence-electron chi connectivity index (χ4n) is 5.70. The predicted octanol–water partition coefficient (Wildman–Crippen LogP) is 8.56. The molecule has 3 aromatic rings. The number of rotatable bonds is 10. The lowest BCUT2D eigenvalue weighted by Crippen LogP contribution is -2.39. The lowest BCUT2D eigenvalue weighted by molar-refractivity contribution is -0.171. The smallest absolute Gasteiger partial charge is 0.340 e. The van der Waals surface area contributed by atoms with E-state index in [0.717, 1.165) is 71.0 Å². The highest BCUT2D eigenvalue weighted by molar-refractivity contribution is 5.88. The van der Waals surface area contributed by atoms with Crippen LogP contribution in [0.4, 0.5) is 10.1 Å². The minimum atomic E-state index is -0.928. The van der Waals surface area contributed by atoms with E-state index in [2.05, 4.69) is 30.9 Å². The van der Waals surface area contributed by atoms with Crippen LogP contribution in [0.3, 0.4) is 0 Å².